The highest BCUT2D eigenvalue weighted by Crippen LogP contribution is 2.22. The summed E-state index contributed by atoms with van der Waals surface area (Å²) in [7, 11) is 0. The molecule has 0 aliphatic heterocycles. The molecular weight excluding hydrogens is 307 g/mol. The van der Waals surface area contributed by atoms with E-state index >= 15 is 0 Å². The van der Waals surface area contributed by atoms with Crippen LogP contribution in [0.1, 0.15) is 56.0 Å². The van der Waals surface area contributed by atoms with Gasteiger partial charge in [0.2, 0.25) is 0 Å². The normalized spacial score (nSPS) is 22.4. The van der Waals surface area contributed by atoms with Gasteiger partial charge in [-0.25, -0.2) is 4.39 Å². The number of carbonyl (C=O) groups is 1. The third-order valence-corrected chi connectivity index (χ3v) is 4.67. The summed E-state index contributed by atoms with van der Waals surface area (Å²) in [5.74, 6) is -0.611. The van der Waals surface area contributed by atoms with E-state index in [1.165, 1.54) is 12.1 Å². The molecule has 4 nitrogen and oxygen atoms in total. The Hall–Kier alpha value is -1.46. The fraction of sp³-hybridized carbons (Fsp3) is 0.632. The maximum Gasteiger partial charge on any atom is 0.251 e. The first kappa shape index (κ1) is 18.9. The molecular formula is C19H29FN2O2. The first-order valence-corrected chi connectivity index (χ1v) is 8.64. The minimum Gasteiger partial charge on any atom is -0.391 e. The van der Waals surface area contributed by atoms with Crippen LogP contribution >= 0.6 is 0 Å². The standard InChI is InChI=1S/C19H29FN2O2/c1-12-7-13(9-14(20)8-12)18(24)22-16-6-5-15(10-16)21-11-17(23)19(2,3)4/h7-9,15-17,21,23H,5-6,10-11H2,1-4H3,(H,22,24)/t15-,16-,17?/m0/s1. The zero-order chi connectivity index (χ0) is 17.9. The molecule has 1 aromatic rings. The molecule has 134 valence electrons. The summed E-state index contributed by atoms with van der Waals surface area (Å²) in [6.07, 6.45) is 2.28. The van der Waals surface area contributed by atoms with Crippen molar-refractivity contribution in [1.82, 2.24) is 10.6 Å². The number of aryl methyl sites for hydroxylation is 1. The molecule has 0 saturated heterocycles. The van der Waals surface area contributed by atoms with Crippen LogP contribution in [0.15, 0.2) is 18.2 Å². The Balaban J connectivity index is 1.82. The van der Waals surface area contributed by atoms with E-state index in [9.17, 15) is 14.3 Å². The summed E-state index contributed by atoms with van der Waals surface area (Å²) in [6.45, 7) is 8.36. The predicted molar refractivity (Wildman–Crippen MR) is 93.5 cm³/mol. The van der Waals surface area contributed by atoms with Crippen LogP contribution in [0.3, 0.4) is 0 Å². The zero-order valence-corrected chi connectivity index (χ0v) is 15.0. The van der Waals surface area contributed by atoms with Crippen molar-refractivity contribution in [2.75, 3.05) is 6.54 Å². The van der Waals surface area contributed by atoms with Crippen LogP contribution in [0.4, 0.5) is 4.39 Å². The molecule has 1 aromatic carbocycles. The number of carbonyl (C=O) groups excluding carboxylic acids is 1. The Kier molecular flexibility index (Phi) is 5.99. The number of nitrogens with one attached hydrogen (secondary N) is 2. The van der Waals surface area contributed by atoms with E-state index in [0.29, 0.717) is 18.2 Å². The smallest absolute Gasteiger partial charge is 0.251 e. The van der Waals surface area contributed by atoms with Crippen molar-refractivity contribution in [3.63, 3.8) is 0 Å². The average molecular weight is 336 g/mol. The number of benzene rings is 1. The van der Waals surface area contributed by atoms with Crippen LogP contribution < -0.4 is 10.6 Å². The molecule has 0 radical (unpaired) electrons. The van der Waals surface area contributed by atoms with Gasteiger partial charge in [-0.1, -0.05) is 20.8 Å². The van der Waals surface area contributed by atoms with Crippen LogP contribution in [0.5, 0.6) is 0 Å². The fourth-order valence-electron chi connectivity index (χ4n) is 3.02. The molecule has 1 fully saturated rings. The summed E-state index contributed by atoms with van der Waals surface area (Å²) >= 11 is 0. The molecule has 0 bridgehead atoms. The lowest BCUT2D eigenvalue weighted by Gasteiger charge is -2.27. The third-order valence-electron chi connectivity index (χ3n) is 4.67. The first-order valence-electron chi connectivity index (χ1n) is 8.64. The quantitative estimate of drug-likeness (QED) is 0.775. The van der Waals surface area contributed by atoms with E-state index in [4.69, 9.17) is 0 Å². The number of halogens is 1. The summed E-state index contributed by atoms with van der Waals surface area (Å²) < 4.78 is 13.4. The van der Waals surface area contributed by atoms with Crippen molar-refractivity contribution in [3.05, 3.63) is 35.1 Å². The second-order valence-electron chi connectivity index (χ2n) is 7.99. The minimum absolute atomic E-state index is 0.0883. The van der Waals surface area contributed by atoms with Crippen LogP contribution in [0, 0.1) is 18.2 Å². The molecule has 24 heavy (non-hydrogen) atoms. The van der Waals surface area contributed by atoms with Gasteiger partial charge in [-0.2, -0.15) is 0 Å². The average Bonchev–Trinajstić information content (AvgIpc) is 2.90. The molecule has 1 saturated carbocycles. The van der Waals surface area contributed by atoms with Crippen LogP contribution in [0.2, 0.25) is 0 Å². The van der Waals surface area contributed by atoms with E-state index in [1.54, 1.807) is 13.0 Å². The van der Waals surface area contributed by atoms with Crippen LogP contribution in [-0.2, 0) is 0 Å². The van der Waals surface area contributed by atoms with E-state index < -0.39 is 6.10 Å². The van der Waals surface area contributed by atoms with E-state index in [2.05, 4.69) is 10.6 Å². The lowest BCUT2D eigenvalue weighted by atomic mass is 9.89. The third kappa shape index (κ3) is 5.28. The lowest BCUT2D eigenvalue weighted by molar-refractivity contribution is 0.0605. The van der Waals surface area contributed by atoms with Gasteiger partial charge < -0.3 is 15.7 Å². The zero-order valence-electron chi connectivity index (χ0n) is 15.0. The molecule has 5 heteroatoms. The monoisotopic (exact) mass is 336 g/mol. The highest BCUT2D eigenvalue weighted by molar-refractivity contribution is 5.94. The number of amides is 1. The Bertz CT molecular complexity index is 563. The topological polar surface area (TPSA) is 61.4 Å². The SMILES string of the molecule is Cc1cc(F)cc(C(=O)N[C@H]2CC[C@H](NCC(O)C(C)(C)C)C2)c1. The van der Waals surface area contributed by atoms with E-state index in [-0.39, 0.29) is 23.2 Å². The second kappa shape index (κ2) is 7.62. The van der Waals surface area contributed by atoms with Crippen molar-refractivity contribution in [2.24, 2.45) is 5.41 Å². The molecule has 1 unspecified atom stereocenters. The van der Waals surface area contributed by atoms with Gasteiger partial charge in [-0.3, -0.25) is 4.79 Å². The van der Waals surface area contributed by atoms with Gasteiger partial charge >= 0.3 is 0 Å². The number of rotatable bonds is 5. The number of hydrogen-bond acceptors (Lipinski definition) is 3. The van der Waals surface area contributed by atoms with E-state index in [1.807, 2.05) is 20.8 Å². The largest absolute Gasteiger partial charge is 0.391 e. The maximum atomic E-state index is 13.4. The first-order chi connectivity index (χ1) is 11.1. The summed E-state index contributed by atoms with van der Waals surface area (Å²) in [5, 5.41) is 16.5. The van der Waals surface area contributed by atoms with Gasteiger partial charge in [0, 0.05) is 24.2 Å². The molecule has 1 aliphatic rings. The van der Waals surface area contributed by atoms with Gasteiger partial charge in [0.15, 0.2) is 0 Å². The van der Waals surface area contributed by atoms with Gasteiger partial charge in [0.25, 0.3) is 5.91 Å². The molecule has 0 heterocycles. The highest BCUT2D eigenvalue weighted by atomic mass is 19.1. The molecule has 2 rings (SSSR count). The summed E-state index contributed by atoms with van der Waals surface area (Å²) in [5.41, 5.74) is 0.961. The van der Waals surface area contributed by atoms with Gasteiger partial charge in [-0.15, -0.1) is 0 Å². The Morgan fingerprint density at radius 3 is 2.58 bits per heavy atom. The minimum atomic E-state index is -0.401. The molecule has 3 N–H and O–H groups in total. The van der Waals surface area contributed by atoms with Crippen LogP contribution in [-0.4, -0.2) is 35.7 Å². The maximum absolute atomic E-state index is 13.4. The lowest BCUT2D eigenvalue weighted by Crippen LogP contribution is -2.41. The van der Waals surface area contributed by atoms with Crippen molar-refractivity contribution in [2.45, 2.75) is 65.1 Å². The fourth-order valence-corrected chi connectivity index (χ4v) is 3.02. The van der Waals surface area contributed by atoms with Crippen LogP contribution in [0.25, 0.3) is 0 Å². The van der Waals surface area contributed by atoms with E-state index in [0.717, 1.165) is 24.8 Å². The Morgan fingerprint density at radius 1 is 1.29 bits per heavy atom. The number of aliphatic hydroxyl groups is 1. The highest BCUT2D eigenvalue weighted by Gasteiger charge is 2.28. The van der Waals surface area contributed by atoms with Gasteiger partial charge in [0.1, 0.15) is 5.82 Å². The molecule has 0 aromatic heterocycles. The molecule has 1 amide bonds. The second-order valence-corrected chi connectivity index (χ2v) is 7.99. The van der Waals surface area contributed by atoms with Crippen molar-refractivity contribution < 1.29 is 14.3 Å². The molecule has 1 aliphatic carbocycles. The Labute approximate surface area is 143 Å². The van der Waals surface area contributed by atoms with Crippen molar-refractivity contribution in [3.8, 4) is 0 Å². The van der Waals surface area contributed by atoms with Crippen molar-refractivity contribution >= 4 is 5.91 Å². The van der Waals surface area contributed by atoms with Gasteiger partial charge in [-0.05, 0) is 55.4 Å². The molecule has 3 atom stereocenters. The Morgan fingerprint density at radius 2 is 1.96 bits per heavy atom. The predicted octanol–water partition coefficient (Wildman–Crippen LogP) is 2.78. The number of aliphatic hydroxyl groups excluding tert-OH is 1. The summed E-state index contributed by atoms with van der Waals surface area (Å²) in [6, 6.07) is 4.76. The van der Waals surface area contributed by atoms with Gasteiger partial charge in [0.05, 0.1) is 6.10 Å². The van der Waals surface area contributed by atoms with Crippen molar-refractivity contribution in [1.29, 1.82) is 0 Å². The molecule has 0 spiro atoms. The summed E-state index contributed by atoms with van der Waals surface area (Å²) in [4.78, 5) is 12.3. The number of hydrogen-bond donors (Lipinski definition) is 3.